The fourth-order valence-electron chi connectivity index (χ4n) is 2.04. The lowest BCUT2D eigenvalue weighted by molar-refractivity contribution is -0.274. The van der Waals surface area contributed by atoms with Crippen molar-refractivity contribution in [3.05, 3.63) is 24.3 Å². The van der Waals surface area contributed by atoms with Crippen LogP contribution < -0.4 is 4.74 Å². The summed E-state index contributed by atoms with van der Waals surface area (Å²) < 4.78 is 52.0. The molecule has 2 atom stereocenters. The van der Waals surface area contributed by atoms with E-state index in [0.717, 1.165) is 19.5 Å². The Hall–Kier alpha value is -1.08. The predicted octanol–water partition coefficient (Wildman–Crippen LogP) is 2.40. The quantitative estimate of drug-likeness (QED) is 0.857. The Morgan fingerprint density at radius 2 is 1.95 bits per heavy atom. The third-order valence-electron chi connectivity index (χ3n) is 2.94. The first-order valence-electron chi connectivity index (χ1n) is 5.80. The van der Waals surface area contributed by atoms with E-state index in [4.69, 9.17) is 0 Å². The van der Waals surface area contributed by atoms with E-state index in [1.165, 1.54) is 24.3 Å². The van der Waals surface area contributed by atoms with Crippen molar-refractivity contribution in [2.75, 3.05) is 20.1 Å². The maximum Gasteiger partial charge on any atom is 0.573 e. The van der Waals surface area contributed by atoms with E-state index in [1.54, 1.807) is 0 Å². The average molecular weight is 293 g/mol. The van der Waals surface area contributed by atoms with E-state index in [2.05, 4.69) is 9.64 Å². The predicted molar refractivity (Wildman–Crippen MR) is 65.4 cm³/mol. The number of hydrogen-bond donors (Lipinski definition) is 0. The van der Waals surface area contributed by atoms with Crippen LogP contribution in [0.25, 0.3) is 0 Å². The normalized spacial score (nSPS) is 22.4. The van der Waals surface area contributed by atoms with E-state index < -0.39 is 17.2 Å². The highest BCUT2D eigenvalue weighted by Crippen LogP contribution is 2.25. The summed E-state index contributed by atoms with van der Waals surface area (Å²) in [6.07, 6.45) is -3.86. The minimum atomic E-state index is -4.70. The molecular formula is C12H14F3NO2S. The van der Waals surface area contributed by atoms with Gasteiger partial charge in [-0.1, -0.05) is 0 Å². The van der Waals surface area contributed by atoms with Crippen molar-refractivity contribution in [3.63, 3.8) is 0 Å². The van der Waals surface area contributed by atoms with Gasteiger partial charge in [0.15, 0.2) is 0 Å². The molecule has 2 unspecified atom stereocenters. The molecule has 1 aliphatic heterocycles. The van der Waals surface area contributed by atoms with Crippen LogP contribution in [0.3, 0.4) is 0 Å². The maximum atomic E-state index is 12.2. The molecule has 0 aromatic heterocycles. The zero-order chi connectivity index (χ0) is 14.0. The molecule has 0 spiro atoms. The zero-order valence-electron chi connectivity index (χ0n) is 10.3. The number of likely N-dealkylation sites (tertiary alicyclic amines) is 1. The second kappa shape index (κ2) is 5.50. The van der Waals surface area contributed by atoms with Gasteiger partial charge in [0.2, 0.25) is 0 Å². The average Bonchev–Trinajstić information content (AvgIpc) is 2.74. The molecule has 0 radical (unpaired) electrons. The minimum absolute atomic E-state index is 0.0411. The monoisotopic (exact) mass is 293 g/mol. The van der Waals surface area contributed by atoms with Gasteiger partial charge >= 0.3 is 6.36 Å². The number of rotatable bonds is 3. The summed E-state index contributed by atoms with van der Waals surface area (Å²) in [6.45, 7) is 1.64. The molecule has 1 aromatic rings. The topological polar surface area (TPSA) is 29.5 Å². The van der Waals surface area contributed by atoms with Gasteiger partial charge < -0.3 is 9.64 Å². The SMILES string of the molecule is CN1CCC(S(=O)c2ccc(OC(F)(F)F)cc2)C1. The highest BCUT2D eigenvalue weighted by Gasteiger charge is 2.31. The maximum absolute atomic E-state index is 12.2. The first-order chi connectivity index (χ1) is 8.85. The Bertz CT molecular complexity index is 461. The van der Waals surface area contributed by atoms with Gasteiger partial charge in [-0.2, -0.15) is 0 Å². The molecule has 0 N–H and O–H groups in total. The van der Waals surface area contributed by atoms with Crippen LogP contribution in [-0.2, 0) is 10.8 Å². The lowest BCUT2D eigenvalue weighted by Crippen LogP contribution is -2.20. The van der Waals surface area contributed by atoms with Crippen molar-refractivity contribution in [2.24, 2.45) is 0 Å². The summed E-state index contributed by atoms with van der Waals surface area (Å²) in [4.78, 5) is 2.62. The second-order valence-electron chi connectivity index (χ2n) is 4.49. The van der Waals surface area contributed by atoms with Crippen molar-refractivity contribution >= 4 is 10.8 Å². The number of hydrogen-bond acceptors (Lipinski definition) is 3. The summed E-state index contributed by atoms with van der Waals surface area (Å²) >= 11 is 0. The molecule has 0 amide bonds. The van der Waals surface area contributed by atoms with Crippen LogP contribution >= 0.6 is 0 Å². The van der Waals surface area contributed by atoms with Gasteiger partial charge in [-0.15, -0.1) is 13.2 Å². The third kappa shape index (κ3) is 3.94. The molecule has 3 nitrogen and oxygen atoms in total. The molecule has 2 rings (SSSR count). The van der Waals surface area contributed by atoms with Gasteiger partial charge in [0.25, 0.3) is 0 Å². The summed E-state index contributed by atoms with van der Waals surface area (Å²) in [5.41, 5.74) is 0. The summed E-state index contributed by atoms with van der Waals surface area (Å²) in [5, 5.41) is 0.0411. The van der Waals surface area contributed by atoms with Crippen molar-refractivity contribution in [1.29, 1.82) is 0 Å². The van der Waals surface area contributed by atoms with Crippen LogP contribution in [0.4, 0.5) is 13.2 Å². The van der Waals surface area contributed by atoms with E-state index in [0.29, 0.717) is 4.90 Å². The number of benzene rings is 1. The van der Waals surface area contributed by atoms with Crippen molar-refractivity contribution in [1.82, 2.24) is 4.90 Å². The molecule has 1 heterocycles. The number of halogens is 3. The van der Waals surface area contributed by atoms with Crippen molar-refractivity contribution in [3.8, 4) is 5.75 Å². The number of alkyl halides is 3. The zero-order valence-corrected chi connectivity index (χ0v) is 11.1. The Balaban J connectivity index is 2.04. The van der Waals surface area contributed by atoms with Gasteiger partial charge in [0.05, 0.1) is 16.0 Å². The first-order valence-corrected chi connectivity index (χ1v) is 7.01. The van der Waals surface area contributed by atoms with E-state index in [9.17, 15) is 17.4 Å². The van der Waals surface area contributed by atoms with Crippen LogP contribution in [0, 0.1) is 0 Å². The molecule has 1 saturated heterocycles. The smallest absolute Gasteiger partial charge is 0.406 e. The van der Waals surface area contributed by atoms with Crippen LogP contribution in [0.5, 0.6) is 5.75 Å². The fraction of sp³-hybridized carbons (Fsp3) is 0.500. The molecule has 7 heteroatoms. The van der Waals surface area contributed by atoms with Crippen LogP contribution in [0.2, 0.25) is 0 Å². The molecule has 0 aliphatic carbocycles. The second-order valence-corrected chi connectivity index (χ2v) is 6.22. The summed E-state index contributed by atoms with van der Waals surface area (Å²) in [6, 6.07) is 5.24. The van der Waals surface area contributed by atoms with Crippen molar-refractivity contribution < 1.29 is 22.1 Å². The third-order valence-corrected chi connectivity index (χ3v) is 4.67. The Labute approximate surface area is 111 Å². The minimum Gasteiger partial charge on any atom is -0.406 e. The molecule has 0 bridgehead atoms. The van der Waals surface area contributed by atoms with Gasteiger partial charge in [-0.25, -0.2) is 0 Å². The molecule has 19 heavy (non-hydrogen) atoms. The van der Waals surface area contributed by atoms with Crippen LogP contribution in [-0.4, -0.2) is 40.9 Å². The van der Waals surface area contributed by atoms with Gasteiger partial charge in [-0.3, -0.25) is 4.21 Å². The molecule has 0 saturated carbocycles. The number of nitrogens with zero attached hydrogens (tertiary/aromatic N) is 1. The summed E-state index contributed by atoms with van der Waals surface area (Å²) in [5.74, 6) is -0.295. The Kier molecular flexibility index (Phi) is 4.15. The molecule has 1 aliphatic rings. The van der Waals surface area contributed by atoms with Crippen molar-refractivity contribution in [2.45, 2.75) is 22.9 Å². The highest BCUT2D eigenvalue weighted by molar-refractivity contribution is 7.85. The van der Waals surface area contributed by atoms with Gasteiger partial charge in [0, 0.05) is 11.4 Å². The Morgan fingerprint density at radius 1 is 1.32 bits per heavy atom. The van der Waals surface area contributed by atoms with Gasteiger partial charge in [0.1, 0.15) is 5.75 Å². The van der Waals surface area contributed by atoms with E-state index in [-0.39, 0.29) is 11.0 Å². The van der Waals surface area contributed by atoms with E-state index in [1.807, 2.05) is 7.05 Å². The Morgan fingerprint density at radius 3 is 2.42 bits per heavy atom. The van der Waals surface area contributed by atoms with E-state index >= 15 is 0 Å². The largest absolute Gasteiger partial charge is 0.573 e. The van der Waals surface area contributed by atoms with Gasteiger partial charge in [-0.05, 0) is 44.3 Å². The standard InChI is InChI=1S/C12H14F3NO2S/c1-16-7-6-11(8-16)19(17)10-4-2-9(3-5-10)18-12(13,14)15/h2-5,11H,6-8H2,1H3. The molecule has 106 valence electrons. The fourth-order valence-corrected chi connectivity index (χ4v) is 3.54. The van der Waals surface area contributed by atoms with Crippen LogP contribution in [0.1, 0.15) is 6.42 Å². The molecule has 1 aromatic carbocycles. The summed E-state index contributed by atoms with van der Waals surface area (Å²) in [7, 11) is 0.767. The molecular weight excluding hydrogens is 279 g/mol. The first kappa shape index (κ1) is 14.3. The lowest BCUT2D eigenvalue weighted by atomic mass is 10.3. The highest BCUT2D eigenvalue weighted by atomic mass is 32.2. The van der Waals surface area contributed by atoms with Crippen LogP contribution in [0.15, 0.2) is 29.2 Å². The number of ether oxygens (including phenoxy) is 1. The molecule has 1 fully saturated rings. The lowest BCUT2D eigenvalue weighted by Gasteiger charge is -2.12.